The third-order valence-corrected chi connectivity index (χ3v) is 5.01. The number of fused-ring (bicyclic) bond motifs is 1. The van der Waals surface area contributed by atoms with Crippen LogP contribution in [0, 0.1) is 0 Å². The largest absolute Gasteiger partial charge is 0.352 e. The molecule has 0 saturated carbocycles. The number of carbonyl (C=O) groups is 3. The molecule has 1 aromatic rings. The Balaban J connectivity index is 1.49. The number of nitrogens with zero attached hydrogens (tertiary/aromatic N) is 1. The van der Waals surface area contributed by atoms with Gasteiger partial charge in [0.2, 0.25) is 11.8 Å². The molecule has 2 aliphatic heterocycles. The van der Waals surface area contributed by atoms with Gasteiger partial charge in [0.1, 0.15) is 0 Å². The number of anilines is 1. The van der Waals surface area contributed by atoms with Crippen molar-refractivity contribution in [1.29, 1.82) is 0 Å². The van der Waals surface area contributed by atoms with Crippen molar-refractivity contribution >= 4 is 35.2 Å². The number of likely N-dealkylation sites (tertiary alicyclic amines) is 1. The molecule has 7 heteroatoms. The molecule has 1 aromatic carbocycles. The van der Waals surface area contributed by atoms with Crippen molar-refractivity contribution < 1.29 is 14.4 Å². The van der Waals surface area contributed by atoms with E-state index in [1.54, 1.807) is 12.1 Å². The van der Waals surface area contributed by atoms with Crippen LogP contribution in [0.5, 0.6) is 0 Å². The highest BCUT2D eigenvalue weighted by Gasteiger charge is 2.19. The van der Waals surface area contributed by atoms with Crippen LogP contribution in [0.25, 0.3) is 0 Å². The lowest BCUT2D eigenvalue weighted by atomic mass is 10.2. The highest BCUT2D eigenvalue weighted by atomic mass is 32.2. The predicted molar refractivity (Wildman–Crippen MR) is 88.6 cm³/mol. The summed E-state index contributed by atoms with van der Waals surface area (Å²) in [5.41, 5.74) is 1.23. The molecule has 6 nitrogen and oxygen atoms in total. The minimum Gasteiger partial charge on any atom is -0.352 e. The molecule has 0 spiro atoms. The first kappa shape index (κ1) is 15.9. The van der Waals surface area contributed by atoms with Crippen LogP contribution in [0.3, 0.4) is 0 Å². The standard InChI is InChI=1S/C16H19N3O3S/c20-14-10-23-13-5-4-11(9-12(13)18-14)16(22)17-6-2-8-19-7-1-3-15(19)21/h4-5,9H,1-3,6-8,10H2,(H,17,22)(H,18,20). The first-order valence-corrected chi connectivity index (χ1v) is 8.75. The van der Waals surface area contributed by atoms with Crippen molar-refractivity contribution in [3.8, 4) is 0 Å². The maximum atomic E-state index is 12.2. The van der Waals surface area contributed by atoms with E-state index in [1.807, 2.05) is 11.0 Å². The lowest BCUT2D eigenvalue weighted by Gasteiger charge is -2.17. The number of nitrogens with one attached hydrogen (secondary N) is 2. The molecule has 23 heavy (non-hydrogen) atoms. The van der Waals surface area contributed by atoms with Crippen LogP contribution >= 0.6 is 11.8 Å². The van der Waals surface area contributed by atoms with Gasteiger partial charge in [0.05, 0.1) is 11.4 Å². The Kier molecular flexibility index (Phi) is 4.85. The zero-order chi connectivity index (χ0) is 16.2. The van der Waals surface area contributed by atoms with Gasteiger partial charge in [-0.25, -0.2) is 0 Å². The van der Waals surface area contributed by atoms with E-state index >= 15 is 0 Å². The highest BCUT2D eigenvalue weighted by Crippen LogP contribution is 2.31. The summed E-state index contributed by atoms with van der Waals surface area (Å²) >= 11 is 1.47. The van der Waals surface area contributed by atoms with E-state index in [9.17, 15) is 14.4 Å². The van der Waals surface area contributed by atoms with Gasteiger partial charge in [-0.2, -0.15) is 0 Å². The van der Waals surface area contributed by atoms with Gasteiger partial charge in [-0.3, -0.25) is 14.4 Å². The van der Waals surface area contributed by atoms with E-state index in [2.05, 4.69) is 10.6 Å². The van der Waals surface area contributed by atoms with Crippen molar-refractivity contribution in [2.24, 2.45) is 0 Å². The molecular weight excluding hydrogens is 314 g/mol. The quantitative estimate of drug-likeness (QED) is 0.800. The molecule has 2 heterocycles. The fraction of sp³-hybridized carbons (Fsp3) is 0.438. The van der Waals surface area contributed by atoms with Crippen LogP contribution in [0.15, 0.2) is 23.1 Å². The number of hydrogen-bond donors (Lipinski definition) is 2. The summed E-state index contributed by atoms with van der Waals surface area (Å²) in [6, 6.07) is 5.33. The van der Waals surface area contributed by atoms with Crippen molar-refractivity contribution in [2.45, 2.75) is 24.2 Å². The molecule has 1 fully saturated rings. The highest BCUT2D eigenvalue weighted by molar-refractivity contribution is 8.00. The number of amides is 3. The number of hydrogen-bond acceptors (Lipinski definition) is 4. The summed E-state index contributed by atoms with van der Waals surface area (Å²) in [5.74, 6) is 0.410. The average Bonchev–Trinajstić information content (AvgIpc) is 2.95. The Labute approximate surface area is 139 Å². The molecule has 3 amide bonds. The second-order valence-electron chi connectivity index (χ2n) is 5.64. The molecule has 0 aromatic heterocycles. The second kappa shape index (κ2) is 7.04. The van der Waals surface area contributed by atoms with E-state index in [-0.39, 0.29) is 17.7 Å². The van der Waals surface area contributed by atoms with Crippen LogP contribution in [-0.4, -0.2) is 48.0 Å². The summed E-state index contributed by atoms with van der Waals surface area (Å²) in [6.45, 7) is 2.05. The van der Waals surface area contributed by atoms with Crippen LogP contribution in [-0.2, 0) is 9.59 Å². The fourth-order valence-electron chi connectivity index (χ4n) is 2.74. The first-order chi connectivity index (χ1) is 11.1. The summed E-state index contributed by atoms with van der Waals surface area (Å²) in [5, 5.41) is 5.64. The minimum absolute atomic E-state index is 0.0460. The first-order valence-electron chi connectivity index (χ1n) is 7.76. The van der Waals surface area contributed by atoms with Crippen LogP contribution < -0.4 is 10.6 Å². The lowest BCUT2D eigenvalue weighted by molar-refractivity contribution is -0.127. The van der Waals surface area contributed by atoms with Gasteiger partial charge < -0.3 is 15.5 Å². The topological polar surface area (TPSA) is 78.5 Å². The van der Waals surface area contributed by atoms with E-state index in [4.69, 9.17) is 0 Å². The van der Waals surface area contributed by atoms with Gasteiger partial charge in [0, 0.05) is 36.5 Å². The van der Waals surface area contributed by atoms with E-state index < -0.39 is 0 Å². The van der Waals surface area contributed by atoms with Crippen LogP contribution in [0.2, 0.25) is 0 Å². The molecule has 0 unspecified atom stereocenters. The van der Waals surface area contributed by atoms with Crippen molar-refractivity contribution in [3.05, 3.63) is 23.8 Å². The van der Waals surface area contributed by atoms with Gasteiger partial charge in [-0.05, 0) is 31.0 Å². The average molecular weight is 333 g/mol. The molecule has 0 atom stereocenters. The number of benzene rings is 1. The molecule has 0 bridgehead atoms. The Morgan fingerprint density at radius 3 is 3.00 bits per heavy atom. The number of carbonyl (C=O) groups excluding carboxylic acids is 3. The second-order valence-corrected chi connectivity index (χ2v) is 6.66. The van der Waals surface area contributed by atoms with Crippen LogP contribution in [0.1, 0.15) is 29.6 Å². The predicted octanol–water partition coefficient (Wildman–Crippen LogP) is 1.47. The van der Waals surface area contributed by atoms with Gasteiger partial charge in [-0.15, -0.1) is 11.8 Å². The molecular formula is C16H19N3O3S. The molecule has 3 rings (SSSR count). The van der Waals surface area contributed by atoms with Crippen molar-refractivity contribution in [3.63, 3.8) is 0 Å². The van der Waals surface area contributed by atoms with Gasteiger partial charge in [0.15, 0.2) is 0 Å². The number of rotatable bonds is 5. The Morgan fingerprint density at radius 1 is 1.35 bits per heavy atom. The normalized spacial score (nSPS) is 17.0. The Bertz CT molecular complexity index is 647. The summed E-state index contributed by atoms with van der Waals surface area (Å²) in [7, 11) is 0. The van der Waals surface area contributed by atoms with Gasteiger partial charge >= 0.3 is 0 Å². The van der Waals surface area contributed by atoms with Crippen molar-refractivity contribution in [1.82, 2.24) is 10.2 Å². The molecule has 0 aliphatic carbocycles. The molecule has 122 valence electrons. The van der Waals surface area contributed by atoms with E-state index in [0.717, 1.165) is 24.3 Å². The minimum atomic E-state index is -0.162. The lowest BCUT2D eigenvalue weighted by Crippen LogP contribution is -2.30. The molecule has 1 saturated heterocycles. The Morgan fingerprint density at radius 2 is 2.22 bits per heavy atom. The molecule has 0 radical (unpaired) electrons. The number of thioether (sulfide) groups is 1. The molecule has 2 N–H and O–H groups in total. The summed E-state index contributed by atoms with van der Waals surface area (Å²) in [4.78, 5) is 37.9. The summed E-state index contributed by atoms with van der Waals surface area (Å²) < 4.78 is 0. The fourth-order valence-corrected chi connectivity index (χ4v) is 3.53. The molecule has 2 aliphatic rings. The smallest absolute Gasteiger partial charge is 0.251 e. The van der Waals surface area contributed by atoms with Gasteiger partial charge in [-0.1, -0.05) is 0 Å². The third-order valence-electron chi connectivity index (χ3n) is 3.94. The maximum absolute atomic E-state index is 12.2. The summed E-state index contributed by atoms with van der Waals surface area (Å²) in [6.07, 6.45) is 2.32. The van der Waals surface area contributed by atoms with E-state index in [0.29, 0.717) is 36.5 Å². The zero-order valence-corrected chi connectivity index (χ0v) is 13.6. The third kappa shape index (κ3) is 3.85. The SMILES string of the molecule is O=C1CSc2ccc(C(=O)NCCCN3CCCC3=O)cc2N1. The van der Waals surface area contributed by atoms with Gasteiger partial charge in [0.25, 0.3) is 5.91 Å². The van der Waals surface area contributed by atoms with Crippen molar-refractivity contribution in [2.75, 3.05) is 30.7 Å². The zero-order valence-electron chi connectivity index (χ0n) is 12.8. The monoisotopic (exact) mass is 333 g/mol. The van der Waals surface area contributed by atoms with E-state index in [1.165, 1.54) is 11.8 Å². The van der Waals surface area contributed by atoms with Crippen LogP contribution in [0.4, 0.5) is 5.69 Å². The maximum Gasteiger partial charge on any atom is 0.251 e. The Hall–Kier alpha value is -2.02.